The molecule has 8 heteroatoms. The van der Waals surface area contributed by atoms with E-state index in [1.165, 1.54) is 12.3 Å². The van der Waals surface area contributed by atoms with Gasteiger partial charge in [0.15, 0.2) is 0 Å². The maximum atomic E-state index is 12.7. The van der Waals surface area contributed by atoms with Crippen molar-refractivity contribution in [1.29, 1.82) is 0 Å². The summed E-state index contributed by atoms with van der Waals surface area (Å²) in [6.07, 6.45) is -3.22. The van der Waals surface area contributed by atoms with Gasteiger partial charge in [0, 0.05) is 16.4 Å². The van der Waals surface area contributed by atoms with E-state index in [9.17, 15) is 18.0 Å². The summed E-state index contributed by atoms with van der Waals surface area (Å²) in [5, 5.41) is 6.52. The summed E-state index contributed by atoms with van der Waals surface area (Å²) in [4.78, 5) is 21.3. The number of thiazole rings is 1. The molecule has 2 aromatic carbocycles. The first kappa shape index (κ1) is 21.7. The fourth-order valence-electron chi connectivity index (χ4n) is 2.47. The molecular weight excluding hydrogens is 413 g/mol. The van der Waals surface area contributed by atoms with Gasteiger partial charge in [-0.1, -0.05) is 56.3 Å². The van der Waals surface area contributed by atoms with E-state index in [-0.39, 0.29) is 11.0 Å². The number of rotatable bonds is 4. The molecule has 1 heterocycles. The first-order chi connectivity index (χ1) is 14.0. The molecule has 0 radical (unpaired) electrons. The Kier molecular flexibility index (Phi) is 6.07. The monoisotopic (exact) mass is 432 g/mol. The molecule has 0 atom stereocenters. The zero-order valence-electron chi connectivity index (χ0n) is 16.5. The van der Waals surface area contributed by atoms with Gasteiger partial charge in [0.25, 0.3) is 0 Å². The first-order valence-electron chi connectivity index (χ1n) is 9.02. The summed E-state index contributed by atoms with van der Waals surface area (Å²) in [6.45, 7) is 6.31. The Hall–Kier alpha value is -3.00. The lowest BCUT2D eigenvalue weighted by Gasteiger charge is -2.14. The van der Waals surface area contributed by atoms with Crippen molar-refractivity contribution < 1.29 is 22.8 Å². The van der Waals surface area contributed by atoms with Crippen molar-refractivity contribution in [3.63, 3.8) is 0 Å². The zero-order chi connectivity index (χ0) is 21.9. The molecule has 3 aromatic rings. The van der Waals surface area contributed by atoms with E-state index >= 15 is 0 Å². The van der Waals surface area contributed by atoms with Crippen molar-refractivity contribution in [2.24, 2.45) is 5.16 Å². The van der Waals surface area contributed by atoms with E-state index in [0.29, 0.717) is 5.56 Å². The van der Waals surface area contributed by atoms with Crippen LogP contribution in [0.5, 0.6) is 0 Å². The Morgan fingerprint density at radius 2 is 1.80 bits per heavy atom. The molecule has 0 saturated heterocycles. The Morgan fingerprint density at radius 3 is 2.40 bits per heavy atom. The number of halogens is 3. The van der Waals surface area contributed by atoms with Gasteiger partial charge in [-0.15, -0.1) is 11.3 Å². The molecule has 0 N–H and O–H groups in total. The van der Waals surface area contributed by atoms with Crippen molar-refractivity contribution >= 4 is 23.5 Å². The number of oxime groups is 1. The lowest BCUT2D eigenvalue weighted by atomic mass is 9.93. The van der Waals surface area contributed by atoms with E-state index in [4.69, 9.17) is 4.84 Å². The van der Waals surface area contributed by atoms with Gasteiger partial charge in [-0.25, -0.2) is 9.78 Å². The molecule has 0 aliphatic heterocycles. The van der Waals surface area contributed by atoms with Crippen LogP contribution < -0.4 is 0 Å². The van der Waals surface area contributed by atoms with Crippen molar-refractivity contribution in [2.45, 2.75) is 32.4 Å². The van der Waals surface area contributed by atoms with Crippen LogP contribution in [-0.4, -0.2) is 17.2 Å². The molecule has 0 spiro atoms. The third-order valence-corrected chi connectivity index (χ3v) is 5.08. The van der Waals surface area contributed by atoms with Gasteiger partial charge in [-0.3, -0.25) is 0 Å². The van der Waals surface area contributed by atoms with Crippen LogP contribution in [0, 0.1) is 0 Å². The molecule has 0 fully saturated rings. The molecule has 0 aliphatic carbocycles. The van der Waals surface area contributed by atoms with E-state index < -0.39 is 17.7 Å². The van der Waals surface area contributed by atoms with Crippen LogP contribution in [0.4, 0.5) is 13.2 Å². The molecule has 3 rings (SSSR count). The van der Waals surface area contributed by atoms with Crippen LogP contribution in [0.2, 0.25) is 0 Å². The summed E-state index contributed by atoms with van der Waals surface area (Å²) in [7, 11) is 0. The van der Waals surface area contributed by atoms with Crippen LogP contribution >= 0.6 is 11.3 Å². The minimum atomic E-state index is -4.54. The van der Waals surface area contributed by atoms with Crippen LogP contribution in [0.1, 0.15) is 48.0 Å². The predicted molar refractivity (Wildman–Crippen MR) is 111 cm³/mol. The molecular formula is C22H19F3N2O2S. The summed E-state index contributed by atoms with van der Waals surface area (Å²) in [5.74, 6) is -0.966. The summed E-state index contributed by atoms with van der Waals surface area (Å²) in [5.41, 5.74) is 1.47. The summed E-state index contributed by atoms with van der Waals surface area (Å²) < 4.78 is 38.2. The lowest BCUT2D eigenvalue weighted by molar-refractivity contribution is -0.137. The Labute approximate surface area is 176 Å². The van der Waals surface area contributed by atoms with Gasteiger partial charge in [-0.05, 0) is 23.8 Å². The van der Waals surface area contributed by atoms with Crippen LogP contribution in [0.15, 0.2) is 59.1 Å². The van der Waals surface area contributed by atoms with Crippen molar-refractivity contribution in [1.82, 2.24) is 4.98 Å². The molecule has 0 amide bonds. The minimum absolute atomic E-state index is 0.0230. The van der Waals surface area contributed by atoms with Gasteiger partial charge in [0.2, 0.25) is 0 Å². The SMILES string of the molecule is CC(C)(C)c1csc(-c2ccc(/C=N/OC(=O)c3cccc(C(F)(F)F)c3)cc2)n1. The second-order valence-corrected chi connectivity index (χ2v) is 8.46. The molecule has 0 aliphatic rings. The smallest absolute Gasteiger partial charge is 0.313 e. The average Bonchev–Trinajstić information content (AvgIpc) is 3.19. The maximum Gasteiger partial charge on any atom is 0.416 e. The topological polar surface area (TPSA) is 51.5 Å². The molecule has 30 heavy (non-hydrogen) atoms. The highest BCUT2D eigenvalue weighted by molar-refractivity contribution is 7.13. The molecule has 0 unspecified atom stereocenters. The standard InChI is InChI=1S/C22H19F3N2O2S/c1-21(2,3)18-13-30-19(27-18)15-9-7-14(8-10-15)12-26-29-20(28)16-5-4-6-17(11-16)22(23,24)25/h4-13H,1-3H3/b26-12+. The highest BCUT2D eigenvalue weighted by Crippen LogP contribution is 2.30. The number of benzene rings is 2. The zero-order valence-corrected chi connectivity index (χ0v) is 17.3. The normalized spacial score (nSPS) is 12.3. The van der Waals surface area contributed by atoms with Gasteiger partial charge in [0.05, 0.1) is 23.0 Å². The lowest BCUT2D eigenvalue weighted by Crippen LogP contribution is -2.11. The number of hydrogen-bond acceptors (Lipinski definition) is 5. The Bertz CT molecular complexity index is 1060. The number of alkyl halides is 3. The second kappa shape index (κ2) is 8.39. The molecule has 4 nitrogen and oxygen atoms in total. The summed E-state index contributed by atoms with van der Waals surface area (Å²) in [6, 6.07) is 11.3. The molecule has 156 valence electrons. The second-order valence-electron chi connectivity index (χ2n) is 7.60. The Morgan fingerprint density at radius 1 is 1.10 bits per heavy atom. The number of carbonyl (C=O) groups excluding carboxylic acids is 1. The van der Waals surface area contributed by atoms with E-state index in [0.717, 1.165) is 34.5 Å². The number of aromatic nitrogens is 1. The number of nitrogens with zero attached hydrogens (tertiary/aromatic N) is 2. The summed E-state index contributed by atoms with van der Waals surface area (Å²) >= 11 is 1.56. The highest BCUT2D eigenvalue weighted by Gasteiger charge is 2.31. The van der Waals surface area contributed by atoms with Gasteiger partial charge in [-0.2, -0.15) is 13.2 Å². The third-order valence-electron chi connectivity index (χ3n) is 4.19. The third kappa shape index (κ3) is 5.33. The van der Waals surface area contributed by atoms with Crippen LogP contribution in [0.3, 0.4) is 0 Å². The first-order valence-corrected chi connectivity index (χ1v) is 9.90. The minimum Gasteiger partial charge on any atom is -0.313 e. The highest BCUT2D eigenvalue weighted by atomic mass is 32.1. The van der Waals surface area contributed by atoms with Crippen LogP contribution in [-0.2, 0) is 16.4 Å². The van der Waals surface area contributed by atoms with Crippen molar-refractivity contribution in [2.75, 3.05) is 0 Å². The largest absolute Gasteiger partial charge is 0.416 e. The average molecular weight is 432 g/mol. The fourth-order valence-corrected chi connectivity index (χ4v) is 3.53. The van der Waals surface area contributed by atoms with Crippen molar-refractivity contribution in [3.8, 4) is 10.6 Å². The van der Waals surface area contributed by atoms with Gasteiger partial charge >= 0.3 is 12.1 Å². The van der Waals surface area contributed by atoms with E-state index in [1.54, 1.807) is 23.5 Å². The molecule has 0 saturated carbocycles. The number of carbonyl (C=O) groups is 1. The van der Waals surface area contributed by atoms with Crippen LogP contribution in [0.25, 0.3) is 10.6 Å². The van der Waals surface area contributed by atoms with Gasteiger partial charge in [0.1, 0.15) is 5.01 Å². The Balaban J connectivity index is 1.64. The quantitative estimate of drug-likeness (QED) is 0.275. The fraction of sp³-hybridized carbons (Fsp3) is 0.227. The predicted octanol–water partition coefficient (Wildman–Crippen LogP) is 6.32. The van der Waals surface area contributed by atoms with Gasteiger partial charge < -0.3 is 4.84 Å². The molecule has 0 bridgehead atoms. The number of hydrogen-bond donors (Lipinski definition) is 0. The van der Waals surface area contributed by atoms with E-state index in [1.807, 2.05) is 17.5 Å². The maximum absolute atomic E-state index is 12.7. The van der Waals surface area contributed by atoms with Crippen molar-refractivity contribution in [3.05, 3.63) is 76.3 Å². The molecule has 1 aromatic heterocycles. The van der Waals surface area contributed by atoms with E-state index in [2.05, 4.69) is 30.9 Å².